The van der Waals surface area contributed by atoms with Crippen molar-refractivity contribution in [3.05, 3.63) is 97.0 Å². The molecule has 0 unspecified atom stereocenters. The van der Waals surface area contributed by atoms with Crippen molar-refractivity contribution in [3.63, 3.8) is 0 Å². The van der Waals surface area contributed by atoms with Gasteiger partial charge in [-0.3, -0.25) is 0 Å². The monoisotopic (exact) mass is 669 g/mol. The largest absolute Gasteiger partial charge is 0.490 e. The maximum atomic E-state index is 15.4. The highest BCUT2D eigenvalue weighted by atomic mass is 19.1. The van der Waals surface area contributed by atoms with Crippen molar-refractivity contribution in [2.45, 2.75) is 84.2 Å². The van der Waals surface area contributed by atoms with Crippen molar-refractivity contribution in [1.29, 1.82) is 0 Å². The smallest absolute Gasteiger partial charge is 0.337 e. The van der Waals surface area contributed by atoms with Gasteiger partial charge in [0, 0.05) is 36.8 Å². The van der Waals surface area contributed by atoms with Crippen LogP contribution in [0.4, 0.5) is 10.1 Å². The molecule has 3 heterocycles. The van der Waals surface area contributed by atoms with E-state index in [2.05, 4.69) is 25.0 Å². The summed E-state index contributed by atoms with van der Waals surface area (Å²) in [7, 11) is 0. The van der Waals surface area contributed by atoms with Crippen molar-refractivity contribution >= 4 is 17.2 Å². The Morgan fingerprint density at radius 1 is 1.10 bits per heavy atom. The first-order chi connectivity index (χ1) is 23.2. The second-order valence-electron chi connectivity index (χ2n) is 14.1. The number of ether oxygens (including phenoxy) is 3. The zero-order valence-electron chi connectivity index (χ0n) is 29.5. The van der Waals surface area contributed by atoms with Gasteiger partial charge in [-0.1, -0.05) is 36.4 Å². The number of aromatic nitrogens is 2. The van der Waals surface area contributed by atoms with Crippen LogP contribution in [0, 0.1) is 12.7 Å². The van der Waals surface area contributed by atoms with E-state index >= 15 is 4.39 Å². The number of hydrogen-bond acceptors (Lipinski definition) is 6. The fraction of sp³-hybridized carbons (Fsp3) is 0.400. The van der Waals surface area contributed by atoms with Crippen molar-refractivity contribution in [1.82, 2.24) is 9.61 Å². The van der Waals surface area contributed by atoms with Crippen LogP contribution in [0.5, 0.6) is 5.75 Å². The molecular weight excluding hydrogens is 621 g/mol. The average molecular weight is 670 g/mol. The minimum absolute atomic E-state index is 0.173. The molecule has 1 aliphatic rings. The Kier molecular flexibility index (Phi) is 10.6. The van der Waals surface area contributed by atoms with Gasteiger partial charge in [0.2, 0.25) is 0 Å². The molecule has 1 aliphatic heterocycles. The average Bonchev–Trinajstić information content (AvgIpc) is 3.46. The molecule has 0 spiro atoms. The number of pyridine rings is 1. The summed E-state index contributed by atoms with van der Waals surface area (Å²) in [6, 6.07) is 14.4. The van der Waals surface area contributed by atoms with Gasteiger partial charge in [0.15, 0.2) is 6.10 Å². The molecule has 260 valence electrons. The first-order valence-corrected chi connectivity index (χ1v) is 16.8. The molecule has 8 nitrogen and oxygen atoms in total. The van der Waals surface area contributed by atoms with Crippen LogP contribution in [0.15, 0.2) is 80.0 Å². The number of carbonyl (C=O) groups is 1. The number of halogens is 1. The van der Waals surface area contributed by atoms with Gasteiger partial charge in [0.25, 0.3) is 0 Å². The molecular formula is C40H48FN3O5. The molecule has 2 aromatic carbocycles. The van der Waals surface area contributed by atoms with Gasteiger partial charge in [-0.15, -0.1) is 13.2 Å². The van der Waals surface area contributed by atoms with Crippen molar-refractivity contribution < 1.29 is 28.5 Å². The van der Waals surface area contributed by atoms with Crippen LogP contribution < -0.4 is 9.64 Å². The third kappa shape index (κ3) is 8.06. The summed E-state index contributed by atoms with van der Waals surface area (Å²) in [5, 5.41) is 15.5. The van der Waals surface area contributed by atoms with Crippen LogP contribution in [-0.2, 0) is 14.3 Å². The van der Waals surface area contributed by atoms with E-state index in [0.717, 1.165) is 35.2 Å². The predicted octanol–water partition coefficient (Wildman–Crippen LogP) is 8.96. The van der Waals surface area contributed by atoms with Crippen LogP contribution in [0.3, 0.4) is 0 Å². The normalized spacial score (nSPS) is 15.9. The minimum atomic E-state index is -1.20. The lowest BCUT2D eigenvalue weighted by Crippen LogP contribution is -2.45. The Hall–Kier alpha value is -4.47. The molecule has 0 amide bonds. The lowest BCUT2D eigenvalue weighted by molar-refractivity contribution is -0.160. The number of hydrogen-bond donors (Lipinski definition) is 1. The lowest BCUT2D eigenvalue weighted by atomic mass is 9.91. The summed E-state index contributed by atoms with van der Waals surface area (Å²) in [6.45, 7) is 20.9. The number of aliphatic carboxylic acids is 1. The van der Waals surface area contributed by atoms with E-state index in [0.29, 0.717) is 54.3 Å². The topological polar surface area (TPSA) is 85.5 Å². The van der Waals surface area contributed by atoms with Crippen LogP contribution in [0.1, 0.15) is 71.1 Å². The molecule has 1 saturated heterocycles. The molecule has 0 radical (unpaired) electrons. The van der Waals surface area contributed by atoms with E-state index in [1.807, 2.05) is 75.7 Å². The molecule has 0 bridgehead atoms. The summed E-state index contributed by atoms with van der Waals surface area (Å²) in [5.74, 6) is -0.986. The highest BCUT2D eigenvalue weighted by Crippen LogP contribution is 2.42. The Balaban J connectivity index is 1.63. The third-order valence-corrected chi connectivity index (χ3v) is 8.87. The molecule has 0 aliphatic carbocycles. The Bertz CT molecular complexity index is 1830. The summed E-state index contributed by atoms with van der Waals surface area (Å²) in [5.41, 5.74) is 4.35. The molecule has 1 N–H and O–H groups in total. The van der Waals surface area contributed by atoms with Gasteiger partial charge in [-0.05, 0) is 89.8 Å². The van der Waals surface area contributed by atoms with Gasteiger partial charge in [-0.25, -0.2) is 13.7 Å². The number of carboxylic acids is 1. The maximum absolute atomic E-state index is 15.4. The van der Waals surface area contributed by atoms with Crippen molar-refractivity contribution in [2.24, 2.45) is 0 Å². The van der Waals surface area contributed by atoms with E-state index in [-0.39, 0.29) is 17.5 Å². The zero-order valence-corrected chi connectivity index (χ0v) is 29.5. The van der Waals surface area contributed by atoms with Crippen LogP contribution in [0.25, 0.3) is 27.9 Å². The highest BCUT2D eigenvalue weighted by molar-refractivity contribution is 5.87. The molecule has 4 aromatic rings. The molecule has 2 aromatic heterocycles. The molecule has 5 rings (SSSR count). The van der Waals surface area contributed by atoms with Crippen LogP contribution in [-0.4, -0.2) is 57.7 Å². The van der Waals surface area contributed by atoms with Crippen molar-refractivity contribution in [2.75, 3.05) is 24.6 Å². The second-order valence-corrected chi connectivity index (χ2v) is 14.1. The number of benzene rings is 2. The van der Waals surface area contributed by atoms with Crippen molar-refractivity contribution in [3.8, 4) is 28.1 Å². The van der Waals surface area contributed by atoms with E-state index in [1.165, 1.54) is 6.07 Å². The lowest BCUT2D eigenvalue weighted by Gasteiger charge is -2.41. The maximum Gasteiger partial charge on any atom is 0.337 e. The molecule has 0 saturated carbocycles. The number of piperidine rings is 1. The summed E-state index contributed by atoms with van der Waals surface area (Å²) in [4.78, 5) is 15.1. The van der Waals surface area contributed by atoms with E-state index in [4.69, 9.17) is 19.3 Å². The number of rotatable bonds is 13. The fourth-order valence-corrected chi connectivity index (χ4v) is 6.46. The van der Waals surface area contributed by atoms with Gasteiger partial charge >= 0.3 is 5.97 Å². The Morgan fingerprint density at radius 3 is 2.45 bits per heavy atom. The Morgan fingerprint density at radius 2 is 1.80 bits per heavy atom. The van der Waals surface area contributed by atoms with Gasteiger partial charge < -0.3 is 24.2 Å². The highest BCUT2D eigenvalue weighted by Gasteiger charge is 2.37. The number of anilines is 1. The van der Waals surface area contributed by atoms with E-state index in [1.54, 1.807) is 24.3 Å². The molecule has 9 heteroatoms. The third-order valence-electron chi connectivity index (χ3n) is 8.87. The Labute approximate surface area is 288 Å². The van der Waals surface area contributed by atoms with E-state index < -0.39 is 17.7 Å². The van der Waals surface area contributed by atoms with Gasteiger partial charge in [0.05, 0.1) is 46.4 Å². The first kappa shape index (κ1) is 35.8. The molecule has 2 atom stereocenters. The fourth-order valence-electron chi connectivity index (χ4n) is 6.46. The first-order valence-electron chi connectivity index (χ1n) is 16.8. The number of nitrogens with zero attached hydrogens (tertiary/aromatic N) is 3. The summed E-state index contributed by atoms with van der Waals surface area (Å²) in [6.07, 6.45) is 6.15. The standard InChI is InChI=1S/C40H48FN3O5/c1-9-13-27(4)48-33-17-12-16-30(41)35(33)29-15-11-14-28(23-29)31-24-32-36(43-20-18-40(8,19-21-43)47-22-10-2)34(26(3)25-44(32)42-31)37(38(45)46)49-39(5,6)7/h9-12,14-17,23-25,27,37H,1-2,13,18-22H2,3-8H3,(H,45,46)/t27-,37-/m0/s1. The van der Waals surface area contributed by atoms with Crippen LogP contribution in [0.2, 0.25) is 0 Å². The van der Waals surface area contributed by atoms with Gasteiger partial charge in [-0.2, -0.15) is 5.10 Å². The van der Waals surface area contributed by atoms with E-state index in [9.17, 15) is 9.90 Å². The minimum Gasteiger partial charge on any atom is -0.490 e. The zero-order chi connectivity index (χ0) is 35.5. The van der Waals surface area contributed by atoms with Crippen LogP contribution >= 0.6 is 0 Å². The number of carboxylic acid groups (broad SMARTS) is 1. The molecule has 1 fully saturated rings. The number of aryl methyl sites for hydroxylation is 1. The molecule has 49 heavy (non-hydrogen) atoms. The predicted molar refractivity (Wildman–Crippen MR) is 193 cm³/mol. The second kappa shape index (κ2) is 14.6. The summed E-state index contributed by atoms with van der Waals surface area (Å²) >= 11 is 0. The number of fused-ring (bicyclic) bond motifs is 1. The van der Waals surface area contributed by atoms with Gasteiger partial charge in [0.1, 0.15) is 11.6 Å². The SMILES string of the molecule is C=CCOC1(C)CCN(c2c([C@H](OC(C)(C)C)C(=O)O)c(C)cn3nc(-c4cccc(-c5c(F)cccc5O[C@@H](C)CC=C)c4)cc23)CC1. The summed E-state index contributed by atoms with van der Waals surface area (Å²) < 4.78 is 35.7. The quantitative estimate of drug-likeness (QED) is 0.142.